The number of alkyl halides is 2. The molecule has 1 atom stereocenters. The van der Waals surface area contributed by atoms with Gasteiger partial charge in [0.15, 0.2) is 0 Å². The Kier molecular flexibility index (Phi) is 6.14. The first-order valence-corrected chi connectivity index (χ1v) is 8.24. The molecule has 21 heavy (non-hydrogen) atoms. The second-order valence-corrected chi connectivity index (χ2v) is 6.97. The molecule has 6 heteroatoms. The maximum Gasteiger partial charge on any atom is 0.387 e. The summed E-state index contributed by atoms with van der Waals surface area (Å²) in [5.74, 6) is 0.176. The van der Waals surface area contributed by atoms with Crippen LogP contribution in [0.15, 0.2) is 40.2 Å². The van der Waals surface area contributed by atoms with Gasteiger partial charge in [0, 0.05) is 4.88 Å². The van der Waals surface area contributed by atoms with Crippen molar-refractivity contribution < 1.29 is 13.5 Å². The SMILES string of the molecule is CCCNC(c1ccc(OC(F)F)cc1)c1ccc(Br)s1. The summed E-state index contributed by atoms with van der Waals surface area (Å²) < 4.78 is 29.8. The fourth-order valence-corrected chi connectivity index (χ4v) is 3.52. The van der Waals surface area contributed by atoms with Crippen LogP contribution in [0.3, 0.4) is 0 Å². The van der Waals surface area contributed by atoms with E-state index in [-0.39, 0.29) is 11.8 Å². The quantitative estimate of drug-likeness (QED) is 0.717. The van der Waals surface area contributed by atoms with Gasteiger partial charge in [-0.2, -0.15) is 8.78 Å². The van der Waals surface area contributed by atoms with E-state index in [1.807, 2.05) is 18.2 Å². The molecule has 1 unspecified atom stereocenters. The Labute approximate surface area is 135 Å². The molecule has 0 spiro atoms. The molecule has 0 bridgehead atoms. The lowest BCUT2D eigenvalue weighted by Gasteiger charge is -2.18. The van der Waals surface area contributed by atoms with Crippen LogP contribution in [0.25, 0.3) is 0 Å². The Morgan fingerprint density at radius 1 is 1.19 bits per heavy atom. The lowest BCUT2D eigenvalue weighted by atomic mass is 10.1. The number of rotatable bonds is 7. The van der Waals surface area contributed by atoms with E-state index < -0.39 is 6.61 Å². The maximum atomic E-state index is 12.2. The van der Waals surface area contributed by atoms with Crippen LogP contribution in [0.5, 0.6) is 5.75 Å². The molecule has 0 amide bonds. The van der Waals surface area contributed by atoms with E-state index in [1.54, 1.807) is 23.5 Å². The molecule has 0 aliphatic rings. The van der Waals surface area contributed by atoms with Gasteiger partial charge in [0.1, 0.15) is 5.75 Å². The first kappa shape index (κ1) is 16.4. The average Bonchev–Trinajstić information content (AvgIpc) is 2.87. The van der Waals surface area contributed by atoms with Crippen molar-refractivity contribution >= 4 is 27.3 Å². The van der Waals surface area contributed by atoms with Crippen molar-refractivity contribution in [2.24, 2.45) is 0 Å². The van der Waals surface area contributed by atoms with E-state index in [1.165, 1.54) is 4.88 Å². The van der Waals surface area contributed by atoms with Crippen LogP contribution in [-0.4, -0.2) is 13.2 Å². The Balaban J connectivity index is 2.20. The lowest BCUT2D eigenvalue weighted by molar-refractivity contribution is -0.0498. The third-order valence-corrected chi connectivity index (χ3v) is 4.60. The Bertz CT molecular complexity index is 559. The largest absolute Gasteiger partial charge is 0.435 e. The summed E-state index contributed by atoms with van der Waals surface area (Å²) in [5.41, 5.74) is 1.03. The van der Waals surface area contributed by atoms with E-state index in [2.05, 4.69) is 39.0 Å². The molecular weight excluding hydrogens is 360 g/mol. The van der Waals surface area contributed by atoms with Gasteiger partial charge in [-0.15, -0.1) is 11.3 Å². The minimum Gasteiger partial charge on any atom is -0.435 e. The molecule has 2 rings (SSSR count). The zero-order valence-corrected chi connectivity index (χ0v) is 13.9. The van der Waals surface area contributed by atoms with E-state index in [0.717, 1.165) is 22.3 Å². The molecule has 1 N–H and O–H groups in total. The number of benzene rings is 1. The van der Waals surface area contributed by atoms with Crippen molar-refractivity contribution in [2.75, 3.05) is 6.54 Å². The minimum absolute atomic E-state index is 0.0573. The molecule has 0 radical (unpaired) electrons. The van der Waals surface area contributed by atoms with E-state index in [0.29, 0.717) is 0 Å². The first-order valence-electron chi connectivity index (χ1n) is 6.63. The van der Waals surface area contributed by atoms with Gasteiger partial charge in [-0.3, -0.25) is 0 Å². The second kappa shape index (κ2) is 7.87. The van der Waals surface area contributed by atoms with E-state index in [4.69, 9.17) is 0 Å². The Morgan fingerprint density at radius 2 is 1.90 bits per heavy atom. The molecule has 0 aliphatic carbocycles. The Morgan fingerprint density at radius 3 is 2.43 bits per heavy atom. The van der Waals surface area contributed by atoms with Gasteiger partial charge in [-0.1, -0.05) is 19.1 Å². The summed E-state index contributed by atoms with van der Waals surface area (Å²) in [4.78, 5) is 1.18. The number of ether oxygens (including phenoxy) is 1. The summed E-state index contributed by atoms with van der Waals surface area (Å²) in [6.07, 6.45) is 1.02. The highest BCUT2D eigenvalue weighted by molar-refractivity contribution is 9.11. The number of hydrogen-bond donors (Lipinski definition) is 1. The van der Waals surface area contributed by atoms with Gasteiger partial charge < -0.3 is 10.1 Å². The first-order chi connectivity index (χ1) is 10.1. The van der Waals surface area contributed by atoms with Crippen LogP contribution >= 0.6 is 27.3 Å². The molecule has 1 heterocycles. The fourth-order valence-electron chi connectivity index (χ4n) is 2.00. The average molecular weight is 376 g/mol. The monoisotopic (exact) mass is 375 g/mol. The summed E-state index contributed by atoms with van der Waals surface area (Å²) in [6.45, 7) is 0.196. The molecule has 0 fully saturated rings. The molecule has 1 aromatic carbocycles. The predicted octanol–water partition coefficient (Wildman–Crippen LogP) is 5.20. The zero-order chi connectivity index (χ0) is 15.2. The van der Waals surface area contributed by atoms with E-state index in [9.17, 15) is 8.78 Å². The summed E-state index contributed by atoms with van der Waals surface area (Å²) in [7, 11) is 0. The number of nitrogens with one attached hydrogen (secondary N) is 1. The highest BCUT2D eigenvalue weighted by atomic mass is 79.9. The van der Waals surface area contributed by atoms with Crippen LogP contribution in [-0.2, 0) is 0 Å². The van der Waals surface area contributed by atoms with Crippen LogP contribution in [0.1, 0.15) is 29.8 Å². The lowest BCUT2D eigenvalue weighted by Crippen LogP contribution is -2.22. The van der Waals surface area contributed by atoms with Crippen LogP contribution in [0.2, 0.25) is 0 Å². The molecule has 2 aromatic rings. The van der Waals surface area contributed by atoms with Crippen LogP contribution < -0.4 is 10.1 Å². The molecular formula is C15H16BrF2NOS. The third-order valence-electron chi connectivity index (χ3n) is 2.92. The van der Waals surface area contributed by atoms with Gasteiger partial charge in [-0.25, -0.2) is 0 Å². The number of halogens is 3. The molecule has 0 aliphatic heterocycles. The van der Waals surface area contributed by atoms with Crippen molar-refractivity contribution in [1.82, 2.24) is 5.32 Å². The third kappa shape index (κ3) is 4.76. The molecule has 1 aromatic heterocycles. The normalized spacial score (nSPS) is 12.6. The highest BCUT2D eigenvalue weighted by Gasteiger charge is 2.15. The second-order valence-electron chi connectivity index (χ2n) is 4.48. The Hall–Kier alpha value is -0.980. The summed E-state index contributed by atoms with van der Waals surface area (Å²) >= 11 is 5.13. The standard InChI is InChI=1S/C15H16BrF2NOS/c1-2-9-19-14(12-7-8-13(16)21-12)10-3-5-11(6-4-10)20-15(17)18/h3-8,14-15,19H,2,9H2,1H3. The smallest absolute Gasteiger partial charge is 0.387 e. The molecule has 2 nitrogen and oxygen atoms in total. The fraction of sp³-hybridized carbons (Fsp3) is 0.333. The van der Waals surface area contributed by atoms with Gasteiger partial charge in [0.25, 0.3) is 0 Å². The van der Waals surface area contributed by atoms with Crippen molar-refractivity contribution in [2.45, 2.75) is 26.0 Å². The van der Waals surface area contributed by atoms with Gasteiger partial charge in [0.2, 0.25) is 0 Å². The number of hydrogen-bond acceptors (Lipinski definition) is 3. The van der Waals surface area contributed by atoms with Crippen molar-refractivity contribution in [1.29, 1.82) is 0 Å². The zero-order valence-electron chi connectivity index (χ0n) is 11.5. The maximum absolute atomic E-state index is 12.2. The van der Waals surface area contributed by atoms with Crippen LogP contribution in [0, 0.1) is 0 Å². The number of thiophene rings is 1. The van der Waals surface area contributed by atoms with Gasteiger partial charge >= 0.3 is 6.61 Å². The summed E-state index contributed by atoms with van der Waals surface area (Å²) in [5, 5.41) is 3.48. The molecule has 114 valence electrons. The van der Waals surface area contributed by atoms with E-state index >= 15 is 0 Å². The van der Waals surface area contributed by atoms with Crippen molar-refractivity contribution in [3.05, 3.63) is 50.6 Å². The topological polar surface area (TPSA) is 21.3 Å². The highest BCUT2D eigenvalue weighted by Crippen LogP contribution is 2.32. The molecule has 0 saturated heterocycles. The van der Waals surface area contributed by atoms with Crippen LogP contribution in [0.4, 0.5) is 8.78 Å². The van der Waals surface area contributed by atoms with Crippen molar-refractivity contribution in [3.8, 4) is 5.75 Å². The van der Waals surface area contributed by atoms with Gasteiger partial charge in [-0.05, 0) is 58.7 Å². The minimum atomic E-state index is -2.79. The predicted molar refractivity (Wildman–Crippen MR) is 85.2 cm³/mol. The van der Waals surface area contributed by atoms with Crippen molar-refractivity contribution in [3.63, 3.8) is 0 Å². The molecule has 0 saturated carbocycles. The summed E-state index contributed by atoms with van der Waals surface area (Å²) in [6, 6.07) is 10.9. The van der Waals surface area contributed by atoms with Gasteiger partial charge in [0.05, 0.1) is 9.83 Å².